The lowest BCUT2D eigenvalue weighted by atomic mass is 9.99. The molecule has 2 amide bonds. The van der Waals surface area contributed by atoms with Gasteiger partial charge in [0.25, 0.3) is 0 Å². The van der Waals surface area contributed by atoms with Crippen molar-refractivity contribution in [1.82, 2.24) is 10.3 Å². The minimum atomic E-state index is -0.716. The van der Waals surface area contributed by atoms with E-state index in [1.807, 2.05) is 0 Å². The maximum atomic E-state index is 14.8. The van der Waals surface area contributed by atoms with E-state index in [9.17, 15) is 18.8 Å². The molecule has 0 spiro atoms. The summed E-state index contributed by atoms with van der Waals surface area (Å²) < 4.78 is 39.8. The van der Waals surface area contributed by atoms with Gasteiger partial charge >= 0.3 is 6.03 Å². The number of hydrogen-bond acceptors (Lipinski definition) is 6. The maximum Gasteiger partial charge on any atom is 0.323 e. The Hall–Kier alpha value is -4.75. The van der Waals surface area contributed by atoms with Crippen LogP contribution in [0.25, 0.3) is 10.9 Å². The van der Waals surface area contributed by atoms with E-state index < -0.39 is 17.7 Å². The van der Waals surface area contributed by atoms with Crippen LogP contribution in [0.15, 0.2) is 66.9 Å². The van der Waals surface area contributed by atoms with Crippen LogP contribution >= 0.6 is 0 Å². The highest BCUT2D eigenvalue weighted by atomic mass is 19.1. The van der Waals surface area contributed by atoms with Crippen LogP contribution in [-0.2, 0) is 0 Å². The molecule has 8 nitrogen and oxygen atoms in total. The number of nitriles is 1. The molecule has 0 atom stereocenters. The average Bonchev–Trinajstić information content (AvgIpc) is 2.95. The molecule has 198 valence electrons. The Morgan fingerprint density at radius 1 is 1.03 bits per heavy atom. The highest BCUT2D eigenvalue weighted by Crippen LogP contribution is 2.34. The van der Waals surface area contributed by atoms with E-state index in [1.165, 1.54) is 36.4 Å². The van der Waals surface area contributed by atoms with Gasteiger partial charge in [-0.1, -0.05) is 0 Å². The van der Waals surface area contributed by atoms with Crippen LogP contribution in [0.5, 0.6) is 17.2 Å². The zero-order valence-corrected chi connectivity index (χ0v) is 20.8. The number of anilines is 2. The van der Waals surface area contributed by atoms with Gasteiger partial charge in [0.15, 0.2) is 0 Å². The molecule has 1 aliphatic heterocycles. The first-order chi connectivity index (χ1) is 19.0. The number of carbonyl (C=O) groups excluding carboxylic acids is 1. The number of nitrogens with zero attached hydrogens (tertiary/aromatic N) is 2. The van der Waals surface area contributed by atoms with Crippen molar-refractivity contribution in [2.75, 3.05) is 30.3 Å². The van der Waals surface area contributed by atoms with Crippen molar-refractivity contribution in [1.29, 1.82) is 5.26 Å². The van der Waals surface area contributed by atoms with E-state index in [0.29, 0.717) is 46.2 Å². The first kappa shape index (κ1) is 25.9. The summed E-state index contributed by atoms with van der Waals surface area (Å²) in [5, 5.41) is 18.5. The number of piperidine rings is 1. The van der Waals surface area contributed by atoms with Crippen molar-refractivity contribution in [3.8, 4) is 23.3 Å². The first-order valence-electron chi connectivity index (χ1n) is 12.5. The lowest BCUT2D eigenvalue weighted by Gasteiger charge is -2.23. The van der Waals surface area contributed by atoms with Gasteiger partial charge in [-0.2, -0.15) is 5.26 Å². The van der Waals surface area contributed by atoms with Gasteiger partial charge in [0.2, 0.25) is 0 Å². The molecule has 1 aromatic heterocycles. The number of benzene rings is 3. The summed E-state index contributed by atoms with van der Waals surface area (Å²) in [6.45, 7) is 2.44. The molecule has 10 heteroatoms. The molecule has 4 aromatic rings. The number of halogens is 2. The second-order valence-corrected chi connectivity index (χ2v) is 9.12. The van der Waals surface area contributed by atoms with Gasteiger partial charge in [0, 0.05) is 29.4 Å². The van der Waals surface area contributed by atoms with Gasteiger partial charge in [0.05, 0.1) is 23.4 Å². The Kier molecular flexibility index (Phi) is 7.80. The molecule has 0 bridgehead atoms. The quantitative estimate of drug-likeness (QED) is 0.263. The Morgan fingerprint density at radius 3 is 2.56 bits per heavy atom. The smallest absolute Gasteiger partial charge is 0.323 e. The topological polar surface area (TPSA) is 108 Å². The third-order valence-corrected chi connectivity index (χ3v) is 6.38. The third-order valence-electron chi connectivity index (χ3n) is 6.38. The van der Waals surface area contributed by atoms with E-state index in [-0.39, 0.29) is 11.4 Å². The fourth-order valence-corrected chi connectivity index (χ4v) is 4.31. The molecule has 0 radical (unpaired) electrons. The van der Waals surface area contributed by atoms with Crippen LogP contribution in [0, 0.1) is 28.9 Å². The van der Waals surface area contributed by atoms with Crippen molar-refractivity contribution in [2.24, 2.45) is 5.92 Å². The molecule has 0 unspecified atom stereocenters. The number of ether oxygens (including phenoxy) is 2. The minimum absolute atomic E-state index is 0.0659. The van der Waals surface area contributed by atoms with E-state index in [0.717, 1.165) is 32.0 Å². The number of hydrogen-bond donors (Lipinski definition) is 3. The molecule has 5 rings (SSSR count). The van der Waals surface area contributed by atoms with Crippen molar-refractivity contribution in [3.05, 3.63) is 84.1 Å². The van der Waals surface area contributed by atoms with Crippen LogP contribution in [-0.4, -0.2) is 30.7 Å². The van der Waals surface area contributed by atoms with Crippen LogP contribution in [0.4, 0.5) is 25.0 Å². The van der Waals surface area contributed by atoms with Crippen molar-refractivity contribution >= 4 is 28.3 Å². The van der Waals surface area contributed by atoms with E-state index in [1.54, 1.807) is 24.4 Å². The first-order valence-corrected chi connectivity index (χ1v) is 12.5. The SMILES string of the molecule is N#Cc1cc2c(Oc3ccc(NC(=O)Nc4ccc(F)cc4)c(F)c3)ccnc2cc1OCC1CCNCC1. The molecule has 3 N–H and O–H groups in total. The predicted octanol–water partition coefficient (Wildman–Crippen LogP) is 6.20. The summed E-state index contributed by atoms with van der Waals surface area (Å²) in [5.41, 5.74) is 1.22. The predicted molar refractivity (Wildman–Crippen MR) is 143 cm³/mol. The average molecular weight is 530 g/mol. The highest BCUT2D eigenvalue weighted by molar-refractivity contribution is 5.99. The lowest BCUT2D eigenvalue weighted by Crippen LogP contribution is -2.30. The number of nitrogens with one attached hydrogen (secondary N) is 3. The second kappa shape index (κ2) is 11.8. The molecule has 0 aliphatic carbocycles. The molecule has 0 saturated carbocycles. The van der Waals surface area contributed by atoms with Crippen molar-refractivity contribution < 1.29 is 23.0 Å². The minimum Gasteiger partial charge on any atom is -0.492 e. The zero-order chi connectivity index (χ0) is 27.2. The Labute approximate surface area is 223 Å². The highest BCUT2D eigenvalue weighted by Gasteiger charge is 2.17. The summed E-state index contributed by atoms with van der Waals surface area (Å²) in [6.07, 6.45) is 3.61. The molecule has 39 heavy (non-hydrogen) atoms. The molecule has 1 saturated heterocycles. The zero-order valence-electron chi connectivity index (χ0n) is 20.8. The monoisotopic (exact) mass is 529 g/mol. The second-order valence-electron chi connectivity index (χ2n) is 9.12. The van der Waals surface area contributed by atoms with E-state index in [2.05, 4.69) is 27.0 Å². The largest absolute Gasteiger partial charge is 0.492 e. The fraction of sp³-hybridized carbons (Fsp3) is 0.207. The summed E-state index contributed by atoms with van der Waals surface area (Å²) in [4.78, 5) is 16.6. The van der Waals surface area contributed by atoms with Crippen LogP contribution in [0.3, 0.4) is 0 Å². The summed E-state index contributed by atoms with van der Waals surface area (Å²) in [6, 6.07) is 15.7. The number of amides is 2. The van der Waals surface area contributed by atoms with Crippen molar-refractivity contribution in [3.63, 3.8) is 0 Å². The lowest BCUT2D eigenvalue weighted by molar-refractivity contribution is 0.215. The van der Waals surface area contributed by atoms with Gasteiger partial charge in [-0.25, -0.2) is 13.6 Å². The van der Waals surface area contributed by atoms with Crippen LogP contribution in [0.2, 0.25) is 0 Å². The molecule has 1 fully saturated rings. The number of pyridine rings is 1. The Balaban J connectivity index is 1.29. The van der Waals surface area contributed by atoms with Gasteiger partial charge in [-0.3, -0.25) is 4.98 Å². The fourth-order valence-electron chi connectivity index (χ4n) is 4.31. The standard InChI is InChI=1S/C29H25F2N5O3/c30-20-1-3-21(4-2-20)35-29(37)36-25-6-5-22(14-24(25)31)39-27-9-12-34-26-15-28(19(16-32)13-23(26)27)38-17-18-7-10-33-11-8-18/h1-6,9,12-15,18,33H,7-8,10-11,17H2,(H2,35,36,37). The number of fused-ring (bicyclic) bond motifs is 1. The van der Waals surface area contributed by atoms with Crippen molar-refractivity contribution in [2.45, 2.75) is 12.8 Å². The molecule has 3 aromatic carbocycles. The maximum absolute atomic E-state index is 14.8. The Morgan fingerprint density at radius 2 is 1.82 bits per heavy atom. The van der Waals surface area contributed by atoms with Gasteiger partial charge in [0.1, 0.15) is 35.0 Å². The third kappa shape index (κ3) is 6.40. The summed E-state index contributed by atoms with van der Waals surface area (Å²) >= 11 is 0. The molecule has 2 heterocycles. The van der Waals surface area contributed by atoms with Gasteiger partial charge in [-0.05, 0) is 80.4 Å². The van der Waals surface area contributed by atoms with Gasteiger partial charge in [-0.15, -0.1) is 0 Å². The number of aromatic nitrogens is 1. The summed E-state index contributed by atoms with van der Waals surface area (Å²) in [7, 11) is 0. The van der Waals surface area contributed by atoms with E-state index in [4.69, 9.17) is 9.47 Å². The normalized spacial score (nSPS) is 13.5. The number of rotatable bonds is 7. The number of carbonyl (C=O) groups is 1. The van der Waals surface area contributed by atoms with Gasteiger partial charge < -0.3 is 25.4 Å². The van der Waals surface area contributed by atoms with Crippen LogP contribution < -0.4 is 25.4 Å². The molecular formula is C29H25F2N5O3. The van der Waals surface area contributed by atoms with E-state index >= 15 is 0 Å². The molecular weight excluding hydrogens is 504 g/mol. The Bertz CT molecular complexity index is 1530. The summed E-state index contributed by atoms with van der Waals surface area (Å²) in [5.74, 6) is 0.317. The molecule has 1 aliphatic rings. The van der Waals surface area contributed by atoms with Crippen LogP contribution in [0.1, 0.15) is 18.4 Å². The number of urea groups is 1.